The smallest absolute Gasteiger partial charge is 0.142 e. The summed E-state index contributed by atoms with van der Waals surface area (Å²) in [7, 11) is 2.14. The molecule has 4 rings (SSSR count). The first-order chi connectivity index (χ1) is 9.81. The van der Waals surface area contributed by atoms with Crippen molar-refractivity contribution in [2.24, 2.45) is 0 Å². The fraction of sp³-hybridized carbons (Fsp3) is 0.200. The standard InChI is InChI=1S/C15H14N4S/c1-19-6-4-10-2-3-11(8-13(10)19)18-14-12-5-7-20-15(12)17-9-16-14/h2-3,5,7-9H,4,6H2,1H3,(H,16,17,18). The van der Waals surface area contributed by atoms with Crippen LogP contribution in [0.5, 0.6) is 0 Å². The lowest BCUT2D eigenvalue weighted by atomic mass is 10.1. The molecule has 20 heavy (non-hydrogen) atoms. The molecule has 1 N–H and O–H groups in total. The van der Waals surface area contributed by atoms with Crippen molar-refractivity contribution < 1.29 is 0 Å². The van der Waals surface area contributed by atoms with Gasteiger partial charge in [0.15, 0.2) is 0 Å². The second kappa shape index (κ2) is 4.45. The molecule has 0 fully saturated rings. The summed E-state index contributed by atoms with van der Waals surface area (Å²) in [4.78, 5) is 11.9. The van der Waals surface area contributed by atoms with Crippen LogP contribution in [0.4, 0.5) is 17.2 Å². The van der Waals surface area contributed by atoms with Crippen molar-refractivity contribution in [2.75, 3.05) is 23.8 Å². The molecule has 0 amide bonds. The normalized spacial score (nSPS) is 13.8. The fourth-order valence-electron chi connectivity index (χ4n) is 2.64. The topological polar surface area (TPSA) is 41.0 Å². The van der Waals surface area contributed by atoms with Crippen LogP contribution in [0.1, 0.15) is 5.56 Å². The number of thiophene rings is 1. The van der Waals surface area contributed by atoms with Crippen molar-refractivity contribution in [2.45, 2.75) is 6.42 Å². The van der Waals surface area contributed by atoms with Gasteiger partial charge in [0.1, 0.15) is 17.0 Å². The second-order valence-electron chi connectivity index (χ2n) is 5.00. The molecule has 1 aromatic carbocycles. The number of nitrogens with zero attached hydrogens (tertiary/aromatic N) is 3. The number of nitrogens with one attached hydrogen (secondary N) is 1. The Labute approximate surface area is 121 Å². The molecule has 4 nitrogen and oxygen atoms in total. The van der Waals surface area contributed by atoms with Crippen molar-refractivity contribution in [1.82, 2.24) is 9.97 Å². The summed E-state index contributed by atoms with van der Waals surface area (Å²) in [5, 5.41) is 6.53. The first kappa shape index (κ1) is 11.7. The Bertz CT molecular complexity index is 780. The molecule has 0 atom stereocenters. The third-order valence-electron chi connectivity index (χ3n) is 3.74. The monoisotopic (exact) mass is 282 g/mol. The molecule has 0 bridgehead atoms. The number of hydrogen-bond donors (Lipinski definition) is 1. The molecule has 0 spiro atoms. The van der Waals surface area contributed by atoms with Gasteiger partial charge in [-0.15, -0.1) is 11.3 Å². The zero-order valence-electron chi connectivity index (χ0n) is 11.1. The Morgan fingerprint density at radius 1 is 1.25 bits per heavy atom. The first-order valence-corrected chi connectivity index (χ1v) is 7.48. The minimum atomic E-state index is 0.872. The van der Waals surface area contributed by atoms with Crippen LogP contribution in [0.3, 0.4) is 0 Å². The average Bonchev–Trinajstić information content (AvgIpc) is 3.07. The zero-order chi connectivity index (χ0) is 13.5. The Hall–Kier alpha value is -2.14. The van der Waals surface area contributed by atoms with Crippen molar-refractivity contribution in [3.05, 3.63) is 41.5 Å². The average molecular weight is 282 g/mol. The largest absolute Gasteiger partial charge is 0.374 e. The van der Waals surface area contributed by atoms with Gasteiger partial charge in [-0.05, 0) is 35.6 Å². The van der Waals surface area contributed by atoms with Crippen LogP contribution < -0.4 is 10.2 Å². The summed E-state index contributed by atoms with van der Waals surface area (Å²) in [6, 6.07) is 8.58. The molecule has 3 aromatic rings. The predicted octanol–water partition coefficient (Wildman–Crippen LogP) is 3.43. The number of anilines is 3. The lowest BCUT2D eigenvalue weighted by Crippen LogP contribution is -2.12. The van der Waals surface area contributed by atoms with Gasteiger partial charge in [0, 0.05) is 25.0 Å². The van der Waals surface area contributed by atoms with Crippen molar-refractivity contribution >= 4 is 38.7 Å². The van der Waals surface area contributed by atoms with Crippen molar-refractivity contribution in [3.63, 3.8) is 0 Å². The van der Waals surface area contributed by atoms with Gasteiger partial charge in [-0.2, -0.15) is 0 Å². The molecule has 2 aromatic heterocycles. The molecule has 0 aliphatic carbocycles. The highest BCUT2D eigenvalue weighted by atomic mass is 32.1. The lowest BCUT2D eigenvalue weighted by Gasteiger charge is -2.14. The van der Waals surface area contributed by atoms with E-state index in [1.54, 1.807) is 17.7 Å². The Balaban J connectivity index is 1.73. The molecule has 0 saturated heterocycles. The van der Waals surface area contributed by atoms with Crippen LogP contribution >= 0.6 is 11.3 Å². The summed E-state index contributed by atoms with van der Waals surface area (Å²) in [5.41, 5.74) is 3.80. The summed E-state index contributed by atoms with van der Waals surface area (Å²) in [5.74, 6) is 0.872. The van der Waals surface area contributed by atoms with Crippen LogP contribution in [0.15, 0.2) is 36.0 Å². The molecule has 1 aliphatic heterocycles. The highest BCUT2D eigenvalue weighted by Crippen LogP contribution is 2.32. The third kappa shape index (κ3) is 1.82. The van der Waals surface area contributed by atoms with Crippen molar-refractivity contribution in [3.8, 4) is 0 Å². The summed E-state index contributed by atoms with van der Waals surface area (Å²) in [6.45, 7) is 1.10. The fourth-order valence-corrected chi connectivity index (χ4v) is 3.38. The molecule has 0 saturated carbocycles. The van der Waals surface area contributed by atoms with E-state index in [-0.39, 0.29) is 0 Å². The molecule has 3 heterocycles. The molecule has 1 aliphatic rings. The number of likely N-dealkylation sites (N-methyl/N-ethyl adjacent to an activating group) is 1. The summed E-state index contributed by atoms with van der Waals surface area (Å²) < 4.78 is 0. The van der Waals surface area contributed by atoms with Gasteiger partial charge in [0.25, 0.3) is 0 Å². The SMILES string of the molecule is CN1CCc2ccc(Nc3ncnc4sccc34)cc21. The predicted molar refractivity (Wildman–Crippen MR) is 84.1 cm³/mol. The lowest BCUT2D eigenvalue weighted by molar-refractivity contribution is 0.956. The van der Waals surface area contributed by atoms with E-state index in [1.807, 2.05) is 5.38 Å². The Morgan fingerprint density at radius 3 is 3.15 bits per heavy atom. The number of hydrogen-bond acceptors (Lipinski definition) is 5. The molecule has 0 radical (unpaired) electrons. The van der Waals surface area contributed by atoms with E-state index in [2.05, 4.69) is 51.5 Å². The Morgan fingerprint density at radius 2 is 2.20 bits per heavy atom. The maximum absolute atomic E-state index is 4.36. The second-order valence-corrected chi connectivity index (χ2v) is 5.90. The maximum atomic E-state index is 4.36. The number of aromatic nitrogens is 2. The zero-order valence-corrected chi connectivity index (χ0v) is 11.9. The number of rotatable bonds is 2. The minimum Gasteiger partial charge on any atom is -0.374 e. The quantitative estimate of drug-likeness (QED) is 0.782. The van der Waals surface area contributed by atoms with Gasteiger partial charge in [-0.25, -0.2) is 9.97 Å². The molecule has 0 unspecified atom stereocenters. The summed E-state index contributed by atoms with van der Waals surface area (Å²) in [6.07, 6.45) is 2.75. The first-order valence-electron chi connectivity index (χ1n) is 6.60. The van der Waals surface area contributed by atoms with Gasteiger partial charge in [0.05, 0.1) is 5.39 Å². The highest BCUT2D eigenvalue weighted by molar-refractivity contribution is 7.16. The number of fused-ring (bicyclic) bond motifs is 2. The van der Waals surface area contributed by atoms with Crippen LogP contribution in [0.25, 0.3) is 10.2 Å². The summed E-state index contributed by atoms with van der Waals surface area (Å²) >= 11 is 1.63. The number of benzene rings is 1. The Kier molecular flexibility index (Phi) is 2.60. The van der Waals surface area contributed by atoms with E-state index in [4.69, 9.17) is 0 Å². The van der Waals surface area contributed by atoms with Crippen LogP contribution in [0.2, 0.25) is 0 Å². The molecular formula is C15H14N4S. The van der Waals surface area contributed by atoms with E-state index < -0.39 is 0 Å². The minimum absolute atomic E-state index is 0.872. The van der Waals surface area contributed by atoms with E-state index >= 15 is 0 Å². The van der Waals surface area contributed by atoms with Crippen molar-refractivity contribution in [1.29, 1.82) is 0 Å². The van der Waals surface area contributed by atoms with Gasteiger partial charge >= 0.3 is 0 Å². The molecular weight excluding hydrogens is 268 g/mol. The van der Waals surface area contributed by atoms with Gasteiger partial charge in [-0.3, -0.25) is 0 Å². The molecule has 100 valence electrons. The van der Waals surface area contributed by atoms with Crippen LogP contribution in [-0.2, 0) is 6.42 Å². The highest BCUT2D eigenvalue weighted by Gasteiger charge is 2.16. The van der Waals surface area contributed by atoms with Gasteiger partial charge in [-0.1, -0.05) is 6.07 Å². The van der Waals surface area contributed by atoms with E-state index in [9.17, 15) is 0 Å². The van der Waals surface area contributed by atoms with Crippen LogP contribution in [0, 0.1) is 0 Å². The van der Waals surface area contributed by atoms with E-state index in [1.165, 1.54) is 11.3 Å². The van der Waals surface area contributed by atoms with Gasteiger partial charge in [0.2, 0.25) is 0 Å². The third-order valence-corrected chi connectivity index (χ3v) is 4.56. The van der Waals surface area contributed by atoms with Crippen LogP contribution in [-0.4, -0.2) is 23.6 Å². The van der Waals surface area contributed by atoms with E-state index in [0.717, 1.165) is 34.7 Å². The van der Waals surface area contributed by atoms with E-state index in [0.29, 0.717) is 0 Å². The molecule has 5 heteroatoms. The maximum Gasteiger partial charge on any atom is 0.142 e. The van der Waals surface area contributed by atoms with Gasteiger partial charge < -0.3 is 10.2 Å².